The number of fused-ring (bicyclic) bond motifs is 1. The number of amides is 1. The van der Waals surface area contributed by atoms with Crippen molar-refractivity contribution >= 4 is 39.3 Å². The van der Waals surface area contributed by atoms with E-state index in [1.807, 2.05) is 57.2 Å². The molecule has 6 heteroatoms. The molecule has 0 aromatic heterocycles. The van der Waals surface area contributed by atoms with E-state index in [1.165, 1.54) is 0 Å². The first-order chi connectivity index (χ1) is 12.7. The molecule has 2 aromatic rings. The largest absolute Gasteiger partial charge is 0.496 e. The van der Waals surface area contributed by atoms with E-state index in [0.717, 1.165) is 39.9 Å². The maximum Gasteiger partial charge on any atom is 0.415 e. The summed E-state index contributed by atoms with van der Waals surface area (Å²) in [5, 5.41) is 0.639. The zero-order valence-corrected chi connectivity index (χ0v) is 18.2. The summed E-state index contributed by atoms with van der Waals surface area (Å²) < 4.78 is 12.1. The minimum absolute atomic E-state index is 0.194. The molecule has 1 amide bonds. The van der Waals surface area contributed by atoms with Crippen LogP contribution in [0.3, 0.4) is 0 Å². The fourth-order valence-corrected chi connectivity index (χ4v) is 4.49. The van der Waals surface area contributed by atoms with Crippen molar-refractivity contribution < 1.29 is 14.3 Å². The van der Waals surface area contributed by atoms with E-state index < -0.39 is 5.60 Å². The standard InChI is InChI=1S/C21H23BrClNO3/c1-21(2,3)27-20(25)24-17(15-7-5-6-8-18(15)26-4)10-9-13-11-14(23)12-16(22)19(13)24/h5-8,11-12,17H,9-10H2,1-4H3. The fourth-order valence-electron chi connectivity index (χ4n) is 3.42. The Bertz CT molecular complexity index is 863. The molecule has 1 atom stereocenters. The molecule has 0 aliphatic carbocycles. The molecule has 1 unspecified atom stereocenters. The molecule has 1 aliphatic rings. The monoisotopic (exact) mass is 451 g/mol. The summed E-state index contributed by atoms with van der Waals surface area (Å²) in [7, 11) is 1.64. The molecule has 0 fully saturated rings. The third-order valence-corrected chi connectivity index (χ3v) is 5.26. The van der Waals surface area contributed by atoms with Crippen LogP contribution >= 0.6 is 27.5 Å². The second kappa shape index (κ2) is 7.72. The maximum absolute atomic E-state index is 13.2. The van der Waals surface area contributed by atoms with Crippen molar-refractivity contribution in [2.24, 2.45) is 0 Å². The number of nitrogens with zero attached hydrogens (tertiary/aromatic N) is 1. The van der Waals surface area contributed by atoms with Crippen LogP contribution in [0.5, 0.6) is 5.75 Å². The van der Waals surface area contributed by atoms with Crippen LogP contribution < -0.4 is 9.64 Å². The fraction of sp³-hybridized carbons (Fsp3) is 0.381. The molecule has 0 N–H and O–H groups in total. The van der Waals surface area contributed by atoms with Crippen molar-refractivity contribution in [2.45, 2.75) is 45.3 Å². The summed E-state index contributed by atoms with van der Waals surface area (Å²) in [6.45, 7) is 5.60. The first-order valence-electron chi connectivity index (χ1n) is 8.84. The van der Waals surface area contributed by atoms with Gasteiger partial charge in [0.1, 0.15) is 11.4 Å². The third kappa shape index (κ3) is 4.25. The number of hydrogen-bond acceptors (Lipinski definition) is 3. The molecule has 3 rings (SSSR count). The van der Waals surface area contributed by atoms with Gasteiger partial charge in [-0.3, -0.25) is 4.90 Å². The van der Waals surface area contributed by atoms with E-state index in [9.17, 15) is 4.79 Å². The van der Waals surface area contributed by atoms with Crippen LogP contribution in [0.15, 0.2) is 40.9 Å². The third-order valence-electron chi connectivity index (χ3n) is 4.43. The smallest absolute Gasteiger partial charge is 0.415 e. The van der Waals surface area contributed by atoms with E-state index >= 15 is 0 Å². The lowest BCUT2D eigenvalue weighted by atomic mass is 9.91. The minimum atomic E-state index is -0.598. The second-order valence-electron chi connectivity index (χ2n) is 7.54. The highest BCUT2D eigenvalue weighted by Crippen LogP contribution is 2.46. The first-order valence-corrected chi connectivity index (χ1v) is 10.0. The van der Waals surface area contributed by atoms with Gasteiger partial charge in [0.05, 0.1) is 18.8 Å². The molecule has 144 valence electrons. The number of aryl methyl sites for hydroxylation is 1. The van der Waals surface area contributed by atoms with Gasteiger partial charge in [0.15, 0.2) is 0 Å². The van der Waals surface area contributed by atoms with Crippen LogP contribution in [0.1, 0.15) is 44.4 Å². The predicted molar refractivity (Wildman–Crippen MR) is 112 cm³/mol. The van der Waals surface area contributed by atoms with Gasteiger partial charge >= 0.3 is 6.09 Å². The highest BCUT2D eigenvalue weighted by Gasteiger charge is 2.37. The van der Waals surface area contributed by atoms with Crippen molar-refractivity contribution in [3.63, 3.8) is 0 Å². The quantitative estimate of drug-likeness (QED) is 0.519. The lowest BCUT2D eigenvalue weighted by molar-refractivity contribution is 0.0559. The van der Waals surface area contributed by atoms with Gasteiger partial charge in [-0.1, -0.05) is 29.8 Å². The van der Waals surface area contributed by atoms with E-state index in [4.69, 9.17) is 21.1 Å². The summed E-state index contributed by atoms with van der Waals surface area (Å²) in [5.74, 6) is 0.754. The molecule has 1 heterocycles. The van der Waals surface area contributed by atoms with Gasteiger partial charge in [-0.15, -0.1) is 0 Å². The van der Waals surface area contributed by atoms with Gasteiger partial charge in [-0.2, -0.15) is 0 Å². The van der Waals surface area contributed by atoms with Gasteiger partial charge in [-0.05, 0) is 73.3 Å². The molecule has 1 aliphatic heterocycles. The van der Waals surface area contributed by atoms with Gasteiger partial charge in [-0.25, -0.2) is 4.79 Å². The Morgan fingerprint density at radius 1 is 1.26 bits per heavy atom. The molecule has 0 radical (unpaired) electrons. The molecule has 27 heavy (non-hydrogen) atoms. The number of hydrogen-bond donors (Lipinski definition) is 0. The molecular formula is C21H23BrClNO3. The van der Waals surface area contributed by atoms with Crippen LogP contribution in [-0.4, -0.2) is 18.8 Å². The van der Waals surface area contributed by atoms with Crippen LogP contribution in [0, 0.1) is 0 Å². The Kier molecular flexibility index (Phi) is 5.73. The molecule has 4 nitrogen and oxygen atoms in total. The average Bonchev–Trinajstić information content (AvgIpc) is 2.59. The number of rotatable bonds is 2. The zero-order chi connectivity index (χ0) is 19.8. The molecular weight excluding hydrogens is 430 g/mol. The summed E-state index contributed by atoms with van der Waals surface area (Å²) in [6, 6.07) is 11.3. The summed E-state index contributed by atoms with van der Waals surface area (Å²) >= 11 is 9.82. The number of ether oxygens (including phenoxy) is 2. The minimum Gasteiger partial charge on any atom is -0.496 e. The van der Waals surface area contributed by atoms with Crippen molar-refractivity contribution in [3.05, 3.63) is 57.0 Å². The normalized spacial score (nSPS) is 16.7. The first kappa shape index (κ1) is 20.0. The highest BCUT2D eigenvalue weighted by atomic mass is 79.9. The van der Waals surface area contributed by atoms with Crippen LogP contribution in [0.25, 0.3) is 0 Å². The van der Waals surface area contributed by atoms with Crippen molar-refractivity contribution in [1.29, 1.82) is 0 Å². The van der Waals surface area contributed by atoms with Crippen LogP contribution in [-0.2, 0) is 11.2 Å². The van der Waals surface area contributed by atoms with E-state index in [-0.39, 0.29) is 12.1 Å². The Morgan fingerprint density at radius 2 is 1.96 bits per heavy atom. The summed E-state index contributed by atoms with van der Waals surface area (Å²) in [6.07, 6.45) is 1.16. The summed E-state index contributed by atoms with van der Waals surface area (Å²) in [5.41, 5.74) is 2.18. The van der Waals surface area contributed by atoms with E-state index in [0.29, 0.717) is 5.02 Å². The molecule has 0 spiro atoms. The summed E-state index contributed by atoms with van der Waals surface area (Å²) in [4.78, 5) is 14.9. The number of methoxy groups -OCH3 is 1. The zero-order valence-electron chi connectivity index (χ0n) is 15.9. The van der Waals surface area contributed by atoms with E-state index in [2.05, 4.69) is 15.9 Å². The number of para-hydroxylation sites is 1. The average molecular weight is 453 g/mol. The Morgan fingerprint density at radius 3 is 2.63 bits per heavy atom. The number of carbonyl (C=O) groups is 1. The molecule has 0 saturated heterocycles. The lowest BCUT2D eigenvalue weighted by Gasteiger charge is -2.39. The molecule has 0 saturated carbocycles. The number of carbonyl (C=O) groups excluding carboxylic acids is 1. The Balaban J connectivity index is 2.14. The van der Waals surface area contributed by atoms with Gasteiger partial charge in [0.2, 0.25) is 0 Å². The van der Waals surface area contributed by atoms with Gasteiger partial charge < -0.3 is 9.47 Å². The predicted octanol–water partition coefficient (Wildman–Crippen LogP) is 6.54. The lowest BCUT2D eigenvalue weighted by Crippen LogP contribution is -2.42. The number of anilines is 1. The second-order valence-corrected chi connectivity index (χ2v) is 8.83. The Labute approximate surface area is 173 Å². The van der Waals surface area contributed by atoms with Gasteiger partial charge in [0, 0.05) is 15.1 Å². The highest BCUT2D eigenvalue weighted by molar-refractivity contribution is 9.10. The van der Waals surface area contributed by atoms with E-state index in [1.54, 1.807) is 12.0 Å². The van der Waals surface area contributed by atoms with Gasteiger partial charge in [0.25, 0.3) is 0 Å². The van der Waals surface area contributed by atoms with Crippen molar-refractivity contribution in [2.75, 3.05) is 12.0 Å². The molecule has 2 aromatic carbocycles. The molecule has 0 bridgehead atoms. The maximum atomic E-state index is 13.2. The van der Waals surface area contributed by atoms with Crippen molar-refractivity contribution in [1.82, 2.24) is 0 Å². The van der Waals surface area contributed by atoms with Crippen molar-refractivity contribution in [3.8, 4) is 5.75 Å². The van der Waals surface area contributed by atoms with Crippen LogP contribution in [0.2, 0.25) is 5.02 Å². The topological polar surface area (TPSA) is 38.8 Å². The Hall–Kier alpha value is -1.72. The number of benzene rings is 2. The number of halogens is 2. The van der Waals surface area contributed by atoms with Crippen LogP contribution in [0.4, 0.5) is 10.5 Å². The SMILES string of the molecule is COc1ccccc1C1CCc2cc(Cl)cc(Br)c2N1C(=O)OC(C)(C)C.